The lowest BCUT2D eigenvalue weighted by molar-refractivity contribution is -0.260. The molecule has 1 fully saturated rings. The van der Waals surface area contributed by atoms with Crippen molar-refractivity contribution in [2.75, 3.05) is 33.0 Å². The zero-order valence-electron chi connectivity index (χ0n) is 15.8. The quantitative estimate of drug-likeness (QED) is 0.236. The summed E-state index contributed by atoms with van der Waals surface area (Å²) in [6.07, 6.45) is 9.24. The van der Waals surface area contributed by atoms with Crippen LogP contribution < -0.4 is 0 Å². The molecule has 0 aromatic heterocycles. The number of hydrogen-bond donors (Lipinski definition) is 0. The molecule has 4 heteroatoms. The Morgan fingerprint density at radius 3 is 2.17 bits per heavy atom. The van der Waals surface area contributed by atoms with Gasteiger partial charge in [-0.1, -0.05) is 45.4 Å². The summed E-state index contributed by atoms with van der Waals surface area (Å²) in [6.45, 7) is 11.9. The van der Waals surface area contributed by atoms with Crippen LogP contribution in [0.5, 0.6) is 0 Å². The molecule has 0 amide bonds. The van der Waals surface area contributed by atoms with E-state index in [4.69, 9.17) is 18.9 Å². The Kier molecular flexibility index (Phi) is 11.1. The number of unbranched alkanes of at least 4 members (excludes halogenated alkanes) is 5. The van der Waals surface area contributed by atoms with E-state index in [0.717, 1.165) is 13.0 Å². The molecule has 0 aliphatic carbocycles. The molecular formula is C19H38O4. The van der Waals surface area contributed by atoms with Gasteiger partial charge in [0.15, 0.2) is 5.79 Å². The maximum Gasteiger partial charge on any atom is 0.170 e. The SMILES string of the molecule is CCCCCCCCC(COCC1CO1)C(C)(OCC)OCC. The van der Waals surface area contributed by atoms with Gasteiger partial charge in [-0.2, -0.15) is 0 Å². The predicted octanol–water partition coefficient (Wildman–Crippen LogP) is 4.56. The third-order valence-electron chi connectivity index (χ3n) is 4.53. The van der Waals surface area contributed by atoms with Crippen LogP contribution in [0, 0.1) is 5.92 Å². The number of epoxide rings is 1. The third kappa shape index (κ3) is 9.04. The van der Waals surface area contributed by atoms with E-state index in [1.807, 2.05) is 13.8 Å². The number of ether oxygens (including phenoxy) is 4. The molecule has 1 heterocycles. The van der Waals surface area contributed by atoms with Crippen molar-refractivity contribution in [1.82, 2.24) is 0 Å². The molecule has 1 aliphatic heterocycles. The van der Waals surface area contributed by atoms with E-state index in [-0.39, 0.29) is 5.92 Å². The molecule has 0 bridgehead atoms. The summed E-state index contributed by atoms with van der Waals surface area (Å²) in [5.41, 5.74) is 0. The Labute approximate surface area is 143 Å². The molecular weight excluding hydrogens is 292 g/mol. The molecule has 2 unspecified atom stereocenters. The summed E-state index contributed by atoms with van der Waals surface area (Å²) in [7, 11) is 0. The zero-order chi connectivity index (χ0) is 17.0. The van der Waals surface area contributed by atoms with Crippen LogP contribution in [-0.2, 0) is 18.9 Å². The van der Waals surface area contributed by atoms with Crippen LogP contribution in [0.2, 0.25) is 0 Å². The van der Waals surface area contributed by atoms with Crippen molar-refractivity contribution in [3.8, 4) is 0 Å². The van der Waals surface area contributed by atoms with Crippen LogP contribution in [0.25, 0.3) is 0 Å². The van der Waals surface area contributed by atoms with Gasteiger partial charge in [0.1, 0.15) is 6.10 Å². The van der Waals surface area contributed by atoms with E-state index in [9.17, 15) is 0 Å². The van der Waals surface area contributed by atoms with Gasteiger partial charge in [-0.25, -0.2) is 0 Å². The molecule has 1 aliphatic rings. The highest BCUT2D eigenvalue weighted by atomic mass is 16.7. The Hall–Kier alpha value is -0.160. The minimum Gasteiger partial charge on any atom is -0.378 e. The average molecular weight is 331 g/mol. The number of rotatable bonds is 16. The van der Waals surface area contributed by atoms with Gasteiger partial charge in [0.05, 0.1) is 19.8 Å². The van der Waals surface area contributed by atoms with Crippen molar-refractivity contribution in [1.29, 1.82) is 0 Å². The summed E-state index contributed by atoms with van der Waals surface area (Å²) >= 11 is 0. The van der Waals surface area contributed by atoms with Crippen molar-refractivity contribution in [3.63, 3.8) is 0 Å². The lowest BCUT2D eigenvalue weighted by atomic mass is 9.93. The van der Waals surface area contributed by atoms with Crippen molar-refractivity contribution in [2.45, 2.75) is 84.5 Å². The lowest BCUT2D eigenvalue weighted by Gasteiger charge is -2.37. The average Bonchev–Trinajstić information content (AvgIpc) is 3.33. The Bertz CT molecular complexity index is 273. The Balaban J connectivity index is 2.40. The van der Waals surface area contributed by atoms with Crippen molar-refractivity contribution in [2.24, 2.45) is 5.92 Å². The summed E-state index contributed by atoms with van der Waals surface area (Å²) in [6, 6.07) is 0. The molecule has 23 heavy (non-hydrogen) atoms. The van der Waals surface area contributed by atoms with Gasteiger partial charge in [-0.05, 0) is 27.2 Å². The minimum absolute atomic E-state index is 0.271. The van der Waals surface area contributed by atoms with Crippen molar-refractivity contribution in [3.05, 3.63) is 0 Å². The van der Waals surface area contributed by atoms with E-state index in [1.54, 1.807) is 0 Å². The smallest absolute Gasteiger partial charge is 0.170 e. The highest BCUT2D eigenvalue weighted by Crippen LogP contribution is 2.29. The lowest BCUT2D eigenvalue weighted by Crippen LogP contribution is -2.43. The van der Waals surface area contributed by atoms with Gasteiger partial charge in [0, 0.05) is 19.1 Å². The highest BCUT2D eigenvalue weighted by molar-refractivity contribution is 4.77. The molecule has 0 aromatic carbocycles. The maximum absolute atomic E-state index is 5.97. The summed E-state index contributed by atoms with van der Waals surface area (Å²) in [4.78, 5) is 0. The molecule has 2 atom stereocenters. The molecule has 0 aromatic rings. The van der Waals surface area contributed by atoms with Gasteiger partial charge < -0.3 is 18.9 Å². The van der Waals surface area contributed by atoms with Gasteiger partial charge >= 0.3 is 0 Å². The molecule has 1 rings (SSSR count). The fraction of sp³-hybridized carbons (Fsp3) is 1.00. The largest absolute Gasteiger partial charge is 0.378 e. The molecule has 0 N–H and O–H groups in total. The monoisotopic (exact) mass is 330 g/mol. The first-order chi connectivity index (χ1) is 11.2. The van der Waals surface area contributed by atoms with E-state index in [2.05, 4.69) is 13.8 Å². The van der Waals surface area contributed by atoms with Gasteiger partial charge in [0.2, 0.25) is 0 Å². The van der Waals surface area contributed by atoms with Crippen LogP contribution in [0.3, 0.4) is 0 Å². The van der Waals surface area contributed by atoms with Crippen molar-refractivity contribution < 1.29 is 18.9 Å². The summed E-state index contributed by atoms with van der Waals surface area (Å²) in [5.74, 6) is -0.274. The molecule has 1 saturated heterocycles. The van der Waals surface area contributed by atoms with Gasteiger partial charge in [-0.3, -0.25) is 0 Å². The van der Waals surface area contributed by atoms with Crippen LogP contribution in [0.1, 0.15) is 72.6 Å². The maximum atomic E-state index is 5.97. The summed E-state index contributed by atoms with van der Waals surface area (Å²) < 4.78 is 23.0. The molecule has 0 saturated carbocycles. The number of hydrogen-bond acceptors (Lipinski definition) is 4. The minimum atomic E-state index is -0.544. The summed E-state index contributed by atoms with van der Waals surface area (Å²) in [5, 5.41) is 0. The van der Waals surface area contributed by atoms with E-state index >= 15 is 0 Å². The highest BCUT2D eigenvalue weighted by Gasteiger charge is 2.36. The van der Waals surface area contributed by atoms with E-state index < -0.39 is 5.79 Å². The second-order valence-corrected chi connectivity index (χ2v) is 6.63. The first-order valence-corrected chi connectivity index (χ1v) is 9.63. The Morgan fingerprint density at radius 1 is 1.00 bits per heavy atom. The zero-order valence-corrected chi connectivity index (χ0v) is 15.8. The normalized spacial score (nSPS) is 19.0. The second-order valence-electron chi connectivity index (χ2n) is 6.63. The molecule has 138 valence electrons. The van der Waals surface area contributed by atoms with Crippen LogP contribution in [-0.4, -0.2) is 44.9 Å². The van der Waals surface area contributed by atoms with Crippen LogP contribution >= 0.6 is 0 Å². The first kappa shape index (κ1) is 20.9. The molecule has 0 radical (unpaired) electrons. The van der Waals surface area contributed by atoms with Crippen LogP contribution in [0.4, 0.5) is 0 Å². The molecule has 4 nitrogen and oxygen atoms in total. The third-order valence-corrected chi connectivity index (χ3v) is 4.53. The topological polar surface area (TPSA) is 40.2 Å². The van der Waals surface area contributed by atoms with E-state index in [0.29, 0.717) is 32.5 Å². The second kappa shape index (κ2) is 12.2. The first-order valence-electron chi connectivity index (χ1n) is 9.63. The predicted molar refractivity (Wildman–Crippen MR) is 93.7 cm³/mol. The van der Waals surface area contributed by atoms with E-state index in [1.165, 1.54) is 38.5 Å². The van der Waals surface area contributed by atoms with Crippen LogP contribution in [0.15, 0.2) is 0 Å². The van der Waals surface area contributed by atoms with Gasteiger partial charge in [0.25, 0.3) is 0 Å². The fourth-order valence-corrected chi connectivity index (χ4v) is 3.02. The fourth-order valence-electron chi connectivity index (χ4n) is 3.02. The Morgan fingerprint density at radius 2 is 1.61 bits per heavy atom. The van der Waals surface area contributed by atoms with Crippen molar-refractivity contribution >= 4 is 0 Å². The molecule has 0 spiro atoms. The standard InChI is InChI=1S/C19H38O4/c1-5-8-9-10-11-12-13-17(14-20-15-18-16-21-18)19(4,22-6-2)23-7-3/h17-18H,5-16H2,1-4H3. The van der Waals surface area contributed by atoms with Gasteiger partial charge in [-0.15, -0.1) is 0 Å².